The van der Waals surface area contributed by atoms with E-state index in [2.05, 4.69) is 29.4 Å². The molecule has 2 heterocycles. The minimum Gasteiger partial charge on any atom is -0.618 e. The summed E-state index contributed by atoms with van der Waals surface area (Å²) in [7, 11) is 0. The maximum atomic E-state index is 12.0. The molecular formula is C18H17N3O2S2. The van der Waals surface area contributed by atoms with Gasteiger partial charge < -0.3 is 10.5 Å². The molecule has 0 aliphatic carbocycles. The van der Waals surface area contributed by atoms with Crippen molar-refractivity contribution in [3.8, 4) is 11.3 Å². The number of amides is 1. The highest BCUT2D eigenvalue weighted by Gasteiger charge is 2.11. The smallest absolute Gasteiger partial charge is 0.251 e. The molecule has 2 aromatic heterocycles. The van der Waals surface area contributed by atoms with E-state index < -0.39 is 0 Å². The van der Waals surface area contributed by atoms with Crippen LogP contribution < -0.4 is 10.0 Å². The Bertz CT molecular complexity index is 863. The van der Waals surface area contributed by atoms with Crippen LogP contribution in [0.25, 0.3) is 11.3 Å². The number of hydrogen-bond donors (Lipinski definition) is 1. The lowest BCUT2D eigenvalue weighted by Crippen LogP contribution is -2.28. The number of aromatic nitrogens is 2. The van der Waals surface area contributed by atoms with Crippen molar-refractivity contribution < 1.29 is 9.52 Å². The molecule has 1 amide bonds. The molecule has 3 rings (SSSR count). The second-order valence-electron chi connectivity index (χ2n) is 5.29. The van der Waals surface area contributed by atoms with Gasteiger partial charge in [0, 0.05) is 23.1 Å². The summed E-state index contributed by atoms with van der Waals surface area (Å²) in [6, 6.07) is 13.4. The lowest BCUT2D eigenvalue weighted by molar-refractivity contribution is -0.645. The standard InChI is InChI=1S/C18H17N3O2S2/c1-2-13-6-8-14(9-7-13)15-11-25-18(19-15)20-16(22)12-24-17-5-3-4-10-21(17)23/h3-11H,2,12H2,1H3,(H,19,20,22). The van der Waals surface area contributed by atoms with Crippen LogP contribution in [0.5, 0.6) is 0 Å². The molecule has 128 valence electrons. The normalized spacial score (nSPS) is 10.6. The first-order chi connectivity index (χ1) is 12.2. The van der Waals surface area contributed by atoms with E-state index >= 15 is 0 Å². The minimum atomic E-state index is -0.184. The van der Waals surface area contributed by atoms with Gasteiger partial charge >= 0.3 is 0 Å². The van der Waals surface area contributed by atoms with E-state index in [9.17, 15) is 10.0 Å². The Kier molecular flexibility index (Phi) is 5.67. The van der Waals surface area contributed by atoms with E-state index in [0.717, 1.165) is 22.4 Å². The van der Waals surface area contributed by atoms with Gasteiger partial charge in [0.25, 0.3) is 5.03 Å². The van der Waals surface area contributed by atoms with Gasteiger partial charge in [-0.2, -0.15) is 4.73 Å². The first kappa shape index (κ1) is 17.4. The van der Waals surface area contributed by atoms with Crippen LogP contribution in [0.2, 0.25) is 0 Å². The van der Waals surface area contributed by atoms with Gasteiger partial charge in [0.2, 0.25) is 5.91 Å². The minimum absolute atomic E-state index is 0.159. The second kappa shape index (κ2) is 8.13. The Morgan fingerprint density at radius 1 is 1.28 bits per heavy atom. The molecule has 0 saturated carbocycles. The molecule has 0 radical (unpaired) electrons. The van der Waals surface area contributed by atoms with Gasteiger partial charge in [0.15, 0.2) is 11.3 Å². The molecular weight excluding hydrogens is 354 g/mol. The predicted molar refractivity (Wildman–Crippen MR) is 102 cm³/mol. The van der Waals surface area contributed by atoms with Crippen LogP contribution in [0.1, 0.15) is 12.5 Å². The van der Waals surface area contributed by atoms with Crippen molar-refractivity contribution in [1.29, 1.82) is 0 Å². The third-order valence-corrected chi connectivity index (χ3v) is 5.32. The highest BCUT2D eigenvalue weighted by molar-refractivity contribution is 7.99. The van der Waals surface area contributed by atoms with E-state index in [1.165, 1.54) is 34.9 Å². The number of pyridine rings is 1. The number of thiazole rings is 1. The number of hydrogen-bond acceptors (Lipinski definition) is 5. The van der Waals surface area contributed by atoms with Crippen molar-refractivity contribution in [2.45, 2.75) is 18.4 Å². The zero-order valence-corrected chi connectivity index (χ0v) is 15.3. The van der Waals surface area contributed by atoms with Gasteiger partial charge in [-0.25, -0.2) is 4.98 Å². The monoisotopic (exact) mass is 371 g/mol. The van der Waals surface area contributed by atoms with E-state index in [4.69, 9.17) is 0 Å². The largest absolute Gasteiger partial charge is 0.618 e. The molecule has 0 bridgehead atoms. The van der Waals surface area contributed by atoms with Crippen molar-refractivity contribution in [2.24, 2.45) is 0 Å². The fraction of sp³-hybridized carbons (Fsp3) is 0.167. The number of carbonyl (C=O) groups is 1. The molecule has 1 aromatic carbocycles. The van der Waals surface area contributed by atoms with E-state index in [1.807, 2.05) is 17.5 Å². The summed E-state index contributed by atoms with van der Waals surface area (Å²) < 4.78 is 0.749. The summed E-state index contributed by atoms with van der Waals surface area (Å²) in [6.45, 7) is 2.12. The Morgan fingerprint density at radius 3 is 2.80 bits per heavy atom. The topological polar surface area (TPSA) is 68.9 Å². The van der Waals surface area contributed by atoms with Crippen LogP contribution in [0.15, 0.2) is 59.1 Å². The molecule has 5 nitrogen and oxygen atoms in total. The summed E-state index contributed by atoms with van der Waals surface area (Å²) in [6.07, 6.45) is 2.41. The molecule has 0 aliphatic heterocycles. The fourth-order valence-corrected chi connectivity index (χ4v) is 3.64. The lowest BCUT2D eigenvalue weighted by atomic mass is 10.1. The van der Waals surface area contributed by atoms with Crippen molar-refractivity contribution in [1.82, 2.24) is 4.98 Å². The number of aryl methyl sites for hydroxylation is 1. The van der Waals surface area contributed by atoms with Gasteiger partial charge in [-0.3, -0.25) is 4.79 Å². The van der Waals surface area contributed by atoms with Crippen LogP contribution in [0, 0.1) is 5.21 Å². The molecule has 0 atom stereocenters. The predicted octanol–water partition coefficient (Wildman–Crippen LogP) is 3.74. The lowest BCUT2D eigenvalue weighted by Gasteiger charge is -2.03. The summed E-state index contributed by atoms with van der Waals surface area (Å²) >= 11 is 2.59. The molecule has 0 fully saturated rings. The zero-order valence-electron chi connectivity index (χ0n) is 13.6. The first-order valence-corrected chi connectivity index (χ1v) is 9.68. The Balaban J connectivity index is 1.59. The first-order valence-electron chi connectivity index (χ1n) is 7.81. The number of anilines is 1. The second-order valence-corrected chi connectivity index (χ2v) is 7.14. The van der Waals surface area contributed by atoms with Crippen molar-refractivity contribution in [3.05, 3.63) is 64.8 Å². The third kappa shape index (κ3) is 4.58. The number of carbonyl (C=O) groups excluding carboxylic acids is 1. The Hall–Kier alpha value is -2.38. The highest BCUT2D eigenvalue weighted by Crippen LogP contribution is 2.25. The van der Waals surface area contributed by atoms with Crippen LogP contribution in [0.4, 0.5) is 5.13 Å². The average Bonchev–Trinajstić information content (AvgIpc) is 3.09. The quantitative estimate of drug-likeness (QED) is 0.407. The van der Waals surface area contributed by atoms with E-state index in [-0.39, 0.29) is 11.7 Å². The van der Waals surface area contributed by atoms with Gasteiger partial charge in [0.1, 0.15) is 0 Å². The van der Waals surface area contributed by atoms with E-state index in [0.29, 0.717) is 10.2 Å². The van der Waals surface area contributed by atoms with Crippen LogP contribution in [-0.2, 0) is 11.2 Å². The molecule has 0 unspecified atom stereocenters. The number of thioether (sulfide) groups is 1. The number of nitrogens with one attached hydrogen (secondary N) is 1. The number of rotatable bonds is 6. The van der Waals surface area contributed by atoms with Gasteiger partial charge in [-0.1, -0.05) is 31.2 Å². The molecule has 1 N–H and O–H groups in total. The molecule has 25 heavy (non-hydrogen) atoms. The van der Waals surface area contributed by atoms with Crippen LogP contribution in [0.3, 0.4) is 0 Å². The number of nitrogens with zero attached hydrogens (tertiary/aromatic N) is 2. The zero-order chi connectivity index (χ0) is 17.6. The Labute approximate surface area is 154 Å². The third-order valence-electron chi connectivity index (χ3n) is 3.55. The summed E-state index contributed by atoms with van der Waals surface area (Å²) in [5.74, 6) is -0.0251. The highest BCUT2D eigenvalue weighted by atomic mass is 32.2. The maximum Gasteiger partial charge on any atom is 0.251 e. The van der Waals surface area contributed by atoms with Gasteiger partial charge in [0.05, 0.1) is 11.4 Å². The maximum absolute atomic E-state index is 12.0. The van der Waals surface area contributed by atoms with Gasteiger partial charge in [-0.15, -0.1) is 11.3 Å². The summed E-state index contributed by atoms with van der Waals surface area (Å²) in [4.78, 5) is 16.5. The molecule has 7 heteroatoms. The molecule has 0 spiro atoms. The van der Waals surface area contributed by atoms with Crippen molar-refractivity contribution >= 4 is 34.1 Å². The van der Waals surface area contributed by atoms with Crippen molar-refractivity contribution in [2.75, 3.05) is 11.1 Å². The summed E-state index contributed by atoms with van der Waals surface area (Å²) in [5.41, 5.74) is 3.15. The molecule has 0 aliphatic rings. The van der Waals surface area contributed by atoms with Gasteiger partial charge in [-0.05, 0) is 29.8 Å². The van der Waals surface area contributed by atoms with Crippen LogP contribution in [-0.4, -0.2) is 16.6 Å². The number of benzene rings is 1. The average molecular weight is 371 g/mol. The summed E-state index contributed by atoms with van der Waals surface area (Å²) in [5, 5.41) is 17.3. The SMILES string of the molecule is CCc1ccc(-c2csc(NC(=O)CSc3cccc[n+]3[O-])n2)cc1. The van der Waals surface area contributed by atoms with Crippen LogP contribution >= 0.6 is 23.1 Å². The molecule has 3 aromatic rings. The molecule has 0 saturated heterocycles. The van der Waals surface area contributed by atoms with E-state index in [1.54, 1.807) is 18.2 Å². The Morgan fingerprint density at radius 2 is 2.08 bits per heavy atom. The van der Waals surface area contributed by atoms with Crippen molar-refractivity contribution in [3.63, 3.8) is 0 Å². The fourth-order valence-electron chi connectivity index (χ4n) is 2.19.